The van der Waals surface area contributed by atoms with Gasteiger partial charge in [0.25, 0.3) is 0 Å². The fourth-order valence-corrected chi connectivity index (χ4v) is 2.51. The molecule has 0 fully saturated rings. The Balaban J connectivity index is 2.50. The molecule has 0 amide bonds. The molecule has 2 N–H and O–H groups in total. The Morgan fingerprint density at radius 3 is 2.29 bits per heavy atom. The van der Waals surface area contributed by atoms with Crippen LogP contribution in [0.5, 0.6) is 0 Å². The van der Waals surface area contributed by atoms with E-state index in [-0.39, 0.29) is 5.41 Å². The summed E-state index contributed by atoms with van der Waals surface area (Å²) in [5, 5.41) is 0. The number of hydrogen-bond acceptors (Lipinski definition) is 2. The van der Waals surface area contributed by atoms with Crippen LogP contribution < -0.4 is 5.73 Å². The summed E-state index contributed by atoms with van der Waals surface area (Å²) in [6.45, 7) is 12.0. The molecule has 0 aliphatic heterocycles. The first-order chi connectivity index (χ1) is 9.78. The van der Waals surface area contributed by atoms with Crippen molar-refractivity contribution in [3.05, 3.63) is 36.0 Å². The van der Waals surface area contributed by atoms with Crippen LogP contribution >= 0.6 is 0 Å². The Morgan fingerprint density at radius 2 is 1.76 bits per heavy atom. The Morgan fingerprint density at radius 1 is 1.14 bits per heavy atom. The first kappa shape index (κ1) is 15.6. The molecule has 0 radical (unpaired) electrons. The number of aromatic nitrogens is 2. The lowest BCUT2D eigenvalue weighted by Crippen LogP contribution is -2.13. The molecule has 1 aromatic heterocycles. The van der Waals surface area contributed by atoms with E-state index < -0.39 is 0 Å². The van der Waals surface area contributed by atoms with Gasteiger partial charge in [-0.05, 0) is 17.8 Å². The molecule has 21 heavy (non-hydrogen) atoms. The smallest absolute Gasteiger partial charge is 0.141 e. The third-order valence-electron chi connectivity index (χ3n) is 3.36. The summed E-state index contributed by atoms with van der Waals surface area (Å²) in [7, 11) is 0. The van der Waals surface area contributed by atoms with Gasteiger partial charge in [-0.15, -0.1) is 0 Å². The summed E-state index contributed by atoms with van der Waals surface area (Å²) in [4.78, 5) is 4.86. The van der Waals surface area contributed by atoms with Crippen molar-refractivity contribution in [3.63, 3.8) is 0 Å². The standard InChI is InChI=1S/C18H27N3/c1-13(2)12-21-16(19)15(11-18(3,4)5)20-17(21)14-9-7-6-8-10-14/h6-10,13H,11-12,19H2,1-5H3. The van der Waals surface area contributed by atoms with Crippen molar-refractivity contribution in [1.82, 2.24) is 9.55 Å². The molecule has 3 nitrogen and oxygen atoms in total. The van der Waals surface area contributed by atoms with Crippen LogP contribution in [0.25, 0.3) is 11.4 Å². The van der Waals surface area contributed by atoms with Crippen molar-refractivity contribution in [3.8, 4) is 11.4 Å². The summed E-state index contributed by atoms with van der Waals surface area (Å²) in [6, 6.07) is 10.3. The van der Waals surface area contributed by atoms with Crippen LogP contribution in [0, 0.1) is 11.3 Å². The molecular weight excluding hydrogens is 258 g/mol. The maximum atomic E-state index is 6.40. The molecule has 0 atom stereocenters. The lowest BCUT2D eigenvalue weighted by Gasteiger charge is -2.17. The number of anilines is 1. The molecule has 1 aromatic carbocycles. The number of nitrogen functional groups attached to an aromatic ring is 1. The van der Waals surface area contributed by atoms with E-state index >= 15 is 0 Å². The topological polar surface area (TPSA) is 43.8 Å². The molecule has 2 rings (SSSR count). The van der Waals surface area contributed by atoms with Crippen molar-refractivity contribution in [2.45, 2.75) is 47.6 Å². The van der Waals surface area contributed by atoms with Crippen LogP contribution in [-0.2, 0) is 13.0 Å². The second-order valence-corrected chi connectivity index (χ2v) is 7.38. The Kier molecular flexibility index (Phi) is 4.40. The minimum Gasteiger partial charge on any atom is -0.384 e. The molecule has 1 heterocycles. The van der Waals surface area contributed by atoms with Crippen molar-refractivity contribution >= 4 is 5.82 Å². The van der Waals surface area contributed by atoms with E-state index in [9.17, 15) is 0 Å². The van der Waals surface area contributed by atoms with E-state index in [1.165, 1.54) is 0 Å². The highest BCUT2D eigenvalue weighted by molar-refractivity contribution is 5.60. The van der Waals surface area contributed by atoms with Crippen molar-refractivity contribution < 1.29 is 0 Å². The SMILES string of the molecule is CC(C)Cn1c(-c2ccccc2)nc(CC(C)(C)C)c1N. The van der Waals surface area contributed by atoms with E-state index in [1.807, 2.05) is 18.2 Å². The highest BCUT2D eigenvalue weighted by atomic mass is 15.1. The van der Waals surface area contributed by atoms with E-state index in [1.54, 1.807) is 0 Å². The maximum Gasteiger partial charge on any atom is 0.141 e. The van der Waals surface area contributed by atoms with Gasteiger partial charge in [-0.2, -0.15) is 0 Å². The molecular formula is C18H27N3. The van der Waals surface area contributed by atoms with Crippen LogP contribution in [0.4, 0.5) is 5.82 Å². The van der Waals surface area contributed by atoms with E-state index in [4.69, 9.17) is 10.7 Å². The molecule has 0 saturated heterocycles. The zero-order valence-electron chi connectivity index (χ0n) is 13.9. The fourth-order valence-electron chi connectivity index (χ4n) is 2.51. The molecule has 0 saturated carbocycles. The van der Waals surface area contributed by atoms with E-state index in [0.29, 0.717) is 5.92 Å². The lowest BCUT2D eigenvalue weighted by atomic mass is 9.90. The van der Waals surface area contributed by atoms with Crippen LogP contribution in [0.2, 0.25) is 0 Å². The average molecular weight is 285 g/mol. The van der Waals surface area contributed by atoms with Gasteiger partial charge in [0.15, 0.2) is 0 Å². The monoisotopic (exact) mass is 285 g/mol. The van der Waals surface area contributed by atoms with Gasteiger partial charge < -0.3 is 10.3 Å². The van der Waals surface area contributed by atoms with Gasteiger partial charge in [-0.1, -0.05) is 65.0 Å². The zero-order valence-corrected chi connectivity index (χ0v) is 13.9. The fraction of sp³-hybridized carbons (Fsp3) is 0.500. The maximum absolute atomic E-state index is 6.40. The Hall–Kier alpha value is -1.77. The quantitative estimate of drug-likeness (QED) is 0.906. The van der Waals surface area contributed by atoms with Gasteiger partial charge in [0, 0.05) is 12.1 Å². The van der Waals surface area contributed by atoms with Gasteiger partial charge in [-0.25, -0.2) is 4.98 Å². The van der Waals surface area contributed by atoms with Gasteiger partial charge in [0.2, 0.25) is 0 Å². The molecule has 114 valence electrons. The summed E-state index contributed by atoms with van der Waals surface area (Å²) in [6.07, 6.45) is 0.893. The predicted octanol–water partition coefficient (Wildman–Crippen LogP) is 4.38. The molecule has 0 aliphatic rings. The molecule has 2 aromatic rings. The number of benzene rings is 1. The highest BCUT2D eigenvalue weighted by Gasteiger charge is 2.21. The molecule has 0 bridgehead atoms. The van der Waals surface area contributed by atoms with E-state index in [0.717, 1.165) is 35.9 Å². The second kappa shape index (κ2) is 5.92. The van der Waals surface area contributed by atoms with E-state index in [2.05, 4.69) is 51.3 Å². The Bertz CT molecular complexity index is 589. The largest absolute Gasteiger partial charge is 0.384 e. The minimum absolute atomic E-state index is 0.180. The summed E-state index contributed by atoms with van der Waals surface area (Å²) < 4.78 is 2.17. The first-order valence-electron chi connectivity index (χ1n) is 7.68. The highest BCUT2D eigenvalue weighted by Crippen LogP contribution is 2.29. The van der Waals surface area contributed by atoms with Gasteiger partial charge in [0.05, 0.1) is 5.69 Å². The van der Waals surface area contributed by atoms with Crippen LogP contribution in [0.3, 0.4) is 0 Å². The predicted molar refractivity (Wildman–Crippen MR) is 90.1 cm³/mol. The number of nitrogens with zero attached hydrogens (tertiary/aromatic N) is 2. The van der Waals surface area contributed by atoms with Crippen LogP contribution in [0.1, 0.15) is 40.3 Å². The lowest BCUT2D eigenvalue weighted by molar-refractivity contribution is 0.407. The molecule has 0 spiro atoms. The molecule has 0 aliphatic carbocycles. The number of hydrogen-bond donors (Lipinski definition) is 1. The van der Waals surface area contributed by atoms with Crippen molar-refractivity contribution in [1.29, 1.82) is 0 Å². The molecule has 3 heteroatoms. The third-order valence-corrected chi connectivity index (χ3v) is 3.36. The summed E-state index contributed by atoms with van der Waals surface area (Å²) >= 11 is 0. The normalized spacial score (nSPS) is 12.1. The van der Waals surface area contributed by atoms with Crippen LogP contribution in [0.15, 0.2) is 30.3 Å². The van der Waals surface area contributed by atoms with Gasteiger partial charge in [-0.3, -0.25) is 0 Å². The van der Waals surface area contributed by atoms with Crippen LogP contribution in [-0.4, -0.2) is 9.55 Å². The van der Waals surface area contributed by atoms with Gasteiger partial charge in [0.1, 0.15) is 11.6 Å². The minimum atomic E-state index is 0.180. The summed E-state index contributed by atoms with van der Waals surface area (Å²) in [5.41, 5.74) is 8.72. The molecule has 0 unspecified atom stereocenters. The number of imidazole rings is 1. The Labute approximate surface area is 128 Å². The van der Waals surface area contributed by atoms with Crippen molar-refractivity contribution in [2.24, 2.45) is 11.3 Å². The number of rotatable bonds is 4. The second-order valence-electron chi connectivity index (χ2n) is 7.38. The first-order valence-corrected chi connectivity index (χ1v) is 7.68. The average Bonchev–Trinajstić information content (AvgIpc) is 2.66. The van der Waals surface area contributed by atoms with Crippen molar-refractivity contribution in [2.75, 3.05) is 5.73 Å². The van der Waals surface area contributed by atoms with Gasteiger partial charge >= 0.3 is 0 Å². The summed E-state index contributed by atoms with van der Waals surface area (Å²) in [5.74, 6) is 2.34. The number of nitrogens with two attached hydrogens (primary N) is 1. The third kappa shape index (κ3) is 3.87. The zero-order chi connectivity index (χ0) is 15.6.